The average molecular weight is 328 g/mol. The van der Waals surface area contributed by atoms with Crippen molar-refractivity contribution in [2.75, 3.05) is 18.8 Å². The van der Waals surface area contributed by atoms with Crippen molar-refractivity contribution < 1.29 is 4.52 Å². The van der Waals surface area contributed by atoms with E-state index in [0.717, 1.165) is 49.9 Å². The van der Waals surface area contributed by atoms with Crippen LogP contribution in [0.2, 0.25) is 0 Å². The minimum Gasteiger partial charge on any atom is -0.399 e. The average Bonchev–Trinajstić information content (AvgIpc) is 3.01. The first-order valence-electron chi connectivity index (χ1n) is 8.85. The van der Waals surface area contributed by atoms with Gasteiger partial charge < -0.3 is 10.3 Å². The Hall–Kier alpha value is -1.88. The van der Waals surface area contributed by atoms with Crippen LogP contribution in [0.25, 0.3) is 0 Å². The van der Waals surface area contributed by atoms with Gasteiger partial charge in [0.1, 0.15) is 0 Å². The normalized spacial score (nSPS) is 16.9. The quantitative estimate of drug-likeness (QED) is 0.865. The Balaban J connectivity index is 1.60. The molecule has 0 radical (unpaired) electrons. The molecule has 0 spiro atoms. The fourth-order valence-corrected chi connectivity index (χ4v) is 3.46. The van der Waals surface area contributed by atoms with E-state index in [9.17, 15) is 0 Å². The number of nitrogen functional groups attached to an aromatic ring is 1. The van der Waals surface area contributed by atoms with Crippen LogP contribution in [0.4, 0.5) is 5.69 Å². The fraction of sp³-hybridized carbons (Fsp3) is 0.579. The topological polar surface area (TPSA) is 68.2 Å². The standard InChI is InChI=1S/C19H28N4O/c1-12(2)19-21-18(24-22-19)11-23-7-5-15(6-8-23)16-9-14(4)17(20)10-13(16)3/h9-10,12,15H,5-8,11,20H2,1-4H3. The molecule has 0 amide bonds. The molecule has 2 heterocycles. The molecule has 1 saturated heterocycles. The van der Waals surface area contributed by atoms with Gasteiger partial charge in [0.25, 0.3) is 0 Å². The predicted molar refractivity (Wildman–Crippen MR) is 96.0 cm³/mol. The second kappa shape index (κ2) is 6.93. The van der Waals surface area contributed by atoms with Crippen LogP contribution in [0.5, 0.6) is 0 Å². The molecule has 1 aromatic carbocycles. The minimum atomic E-state index is 0.310. The largest absolute Gasteiger partial charge is 0.399 e. The van der Waals surface area contributed by atoms with E-state index in [1.165, 1.54) is 16.7 Å². The van der Waals surface area contributed by atoms with Gasteiger partial charge in [0.15, 0.2) is 5.82 Å². The van der Waals surface area contributed by atoms with Gasteiger partial charge in [0.2, 0.25) is 5.89 Å². The second-order valence-corrected chi connectivity index (χ2v) is 7.32. The van der Waals surface area contributed by atoms with Gasteiger partial charge in [-0.3, -0.25) is 4.90 Å². The lowest BCUT2D eigenvalue weighted by molar-refractivity contribution is 0.180. The Kier molecular flexibility index (Phi) is 4.90. The number of benzene rings is 1. The van der Waals surface area contributed by atoms with Gasteiger partial charge in [-0.1, -0.05) is 25.1 Å². The Labute approximate surface area is 144 Å². The van der Waals surface area contributed by atoms with Crippen molar-refractivity contribution >= 4 is 5.69 Å². The molecule has 3 rings (SSSR count). The molecule has 1 aromatic heterocycles. The zero-order chi connectivity index (χ0) is 17.3. The smallest absolute Gasteiger partial charge is 0.240 e. The summed E-state index contributed by atoms with van der Waals surface area (Å²) >= 11 is 0. The van der Waals surface area contributed by atoms with Crippen molar-refractivity contribution in [1.29, 1.82) is 0 Å². The number of aryl methyl sites for hydroxylation is 2. The molecule has 1 aliphatic heterocycles. The molecule has 130 valence electrons. The number of rotatable bonds is 4. The zero-order valence-corrected chi connectivity index (χ0v) is 15.2. The van der Waals surface area contributed by atoms with Crippen molar-refractivity contribution in [3.8, 4) is 0 Å². The SMILES string of the molecule is Cc1cc(C2CCN(Cc3nc(C(C)C)no3)CC2)c(C)cc1N. The molecule has 0 aliphatic carbocycles. The molecular weight excluding hydrogens is 300 g/mol. The van der Waals surface area contributed by atoms with Crippen LogP contribution in [0.15, 0.2) is 16.7 Å². The van der Waals surface area contributed by atoms with E-state index in [0.29, 0.717) is 11.8 Å². The van der Waals surface area contributed by atoms with Crippen LogP contribution >= 0.6 is 0 Å². The molecule has 0 saturated carbocycles. The van der Waals surface area contributed by atoms with Gasteiger partial charge >= 0.3 is 0 Å². The van der Waals surface area contributed by atoms with Gasteiger partial charge in [0, 0.05) is 11.6 Å². The van der Waals surface area contributed by atoms with Crippen LogP contribution in [0, 0.1) is 13.8 Å². The van der Waals surface area contributed by atoms with E-state index in [2.05, 4.69) is 54.9 Å². The van der Waals surface area contributed by atoms with E-state index in [4.69, 9.17) is 10.3 Å². The van der Waals surface area contributed by atoms with Gasteiger partial charge in [-0.15, -0.1) is 0 Å². The van der Waals surface area contributed by atoms with Crippen LogP contribution in [-0.4, -0.2) is 28.1 Å². The van der Waals surface area contributed by atoms with Crippen LogP contribution in [0.1, 0.15) is 66.9 Å². The number of hydrogen-bond donors (Lipinski definition) is 1. The number of aromatic nitrogens is 2. The van der Waals surface area contributed by atoms with E-state index < -0.39 is 0 Å². The van der Waals surface area contributed by atoms with Crippen LogP contribution in [-0.2, 0) is 6.54 Å². The summed E-state index contributed by atoms with van der Waals surface area (Å²) in [6.45, 7) is 11.3. The first kappa shape index (κ1) is 17.0. The Morgan fingerprint density at radius 1 is 1.21 bits per heavy atom. The first-order valence-corrected chi connectivity index (χ1v) is 8.85. The minimum absolute atomic E-state index is 0.310. The summed E-state index contributed by atoms with van der Waals surface area (Å²) in [5.74, 6) is 2.46. The monoisotopic (exact) mass is 328 g/mol. The third-order valence-corrected chi connectivity index (χ3v) is 5.04. The summed E-state index contributed by atoms with van der Waals surface area (Å²) in [5, 5.41) is 4.05. The summed E-state index contributed by atoms with van der Waals surface area (Å²) in [5.41, 5.74) is 10.9. The summed E-state index contributed by atoms with van der Waals surface area (Å²) in [6, 6.07) is 4.39. The summed E-state index contributed by atoms with van der Waals surface area (Å²) in [7, 11) is 0. The molecular formula is C19H28N4O. The van der Waals surface area contributed by atoms with Crippen molar-refractivity contribution in [2.45, 2.75) is 58.9 Å². The Morgan fingerprint density at radius 2 is 1.92 bits per heavy atom. The summed E-state index contributed by atoms with van der Waals surface area (Å²) in [4.78, 5) is 6.89. The highest BCUT2D eigenvalue weighted by molar-refractivity contribution is 5.52. The molecule has 5 heteroatoms. The lowest BCUT2D eigenvalue weighted by Gasteiger charge is -2.32. The molecule has 2 aromatic rings. The number of likely N-dealkylation sites (tertiary alicyclic amines) is 1. The van der Waals surface area contributed by atoms with Crippen molar-refractivity contribution in [2.24, 2.45) is 0 Å². The maximum absolute atomic E-state index is 6.02. The maximum Gasteiger partial charge on any atom is 0.240 e. The van der Waals surface area contributed by atoms with Crippen molar-refractivity contribution in [1.82, 2.24) is 15.0 Å². The number of hydrogen-bond acceptors (Lipinski definition) is 5. The highest BCUT2D eigenvalue weighted by Gasteiger charge is 2.23. The van der Waals surface area contributed by atoms with Crippen LogP contribution < -0.4 is 5.73 Å². The third kappa shape index (κ3) is 3.61. The molecule has 0 atom stereocenters. The number of nitrogens with two attached hydrogens (primary N) is 1. The lowest BCUT2D eigenvalue weighted by atomic mass is 9.85. The van der Waals surface area contributed by atoms with E-state index >= 15 is 0 Å². The number of anilines is 1. The Morgan fingerprint density at radius 3 is 2.54 bits per heavy atom. The highest BCUT2D eigenvalue weighted by atomic mass is 16.5. The Bertz CT molecular complexity index is 699. The van der Waals surface area contributed by atoms with E-state index in [-0.39, 0.29) is 0 Å². The molecule has 24 heavy (non-hydrogen) atoms. The summed E-state index contributed by atoms with van der Waals surface area (Å²) in [6.07, 6.45) is 2.32. The highest BCUT2D eigenvalue weighted by Crippen LogP contribution is 2.32. The predicted octanol–water partition coefficient (Wildman–Crippen LogP) is 3.77. The van der Waals surface area contributed by atoms with Crippen LogP contribution in [0.3, 0.4) is 0 Å². The first-order chi connectivity index (χ1) is 11.4. The third-order valence-electron chi connectivity index (χ3n) is 5.04. The molecule has 1 aliphatic rings. The van der Waals surface area contributed by atoms with E-state index in [1.54, 1.807) is 0 Å². The number of nitrogens with zero attached hydrogens (tertiary/aromatic N) is 3. The van der Waals surface area contributed by atoms with E-state index in [1.807, 2.05) is 0 Å². The molecule has 1 fully saturated rings. The molecule has 2 N–H and O–H groups in total. The summed E-state index contributed by atoms with van der Waals surface area (Å²) < 4.78 is 5.37. The van der Waals surface area contributed by atoms with Crippen molar-refractivity contribution in [3.05, 3.63) is 40.5 Å². The van der Waals surface area contributed by atoms with Gasteiger partial charge in [-0.25, -0.2) is 0 Å². The van der Waals surface area contributed by atoms with Crippen molar-refractivity contribution in [3.63, 3.8) is 0 Å². The number of piperidine rings is 1. The molecule has 0 bridgehead atoms. The zero-order valence-electron chi connectivity index (χ0n) is 15.2. The lowest BCUT2D eigenvalue weighted by Crippen LogP contribution is -2.32. The van der Waals surface area contributed by atoms with Gasteiger partial charge in [0.05, 0.1) is 6.54 Å². The van der Waals surface area contributed by atoms with Gasteiger partial charge in [-0.2, -0.15) is 4.98 Å². The van der Waals surface area contributed by atoms with Gasteiger partial charge in [-0.05, 0) is 68.5 Å². The fourth-order valence-electron chi connectivity index (χ4n) is 3.46. The maximum atomic E-state index is 6.02. The molecule has 0 unspecified atom stereocenters. The molecule has 5 nitrogen and oxygen atoms in total. The second-order valence-electron chi connectivity index (χ2n) is 7.32.